The molecule has 0 radical (unpaired) electrons. The number of carbonyl (C=O) groups is 1. The van der Waals surface area contributed by atoms with Crippen LogP contribution in [0.5, 0.6) is 0 Å². The van der Waals surface area contributed by atoms with Crippen LogP contribution < -0.4 is 11.1 Å². The summed E-state index contributed by atoms with van der Waals surface area (Å²) in [5.41, 5.74) is 9.80. The zero-order valence-electron chi connectivity index (χ0n) is 13.3. The first-order valence-corrected chi connectivity index (χ1v) is 8.96. The van der Waals surface area contributed by atoms with Crippen molar-refractivity contribution >= 4 is 44.8 Å². The summed E-state index contributed by atoms with van der Waals surface area (Å²) in [7, 11) is 0. The molecule has 2 heterocycles. The Kier molecular flexibility index (Phi) is 4.69. The van der Waals surface area contributed by atoms with Crippen molar-refractivity contribution in [3.63, 3.8) is 0 Å². The number of anilines is 2. The van der Waals surface area contributed by atoms with Gasteiger partial charge in [-0.25, -0.2) is 4.98 Å². The fraction of sp³-hybridized carbons (Fsp3) is 0.111. The van der Waals surface area contributed by atoms with Crippen molar-refractivity contribution in [2.24, 2.45) is 0 Å². The number of pyridine rings is 1. The van der Waals surface area contributed by atoms with Crippen molar-refractivity contribution in [1.82, 2.24) is 4.98 Å². The van der Waals surface area contributed by atoms with E-state index in [0.717, 1.165) is 25.4 Å². The third kappa shape index (κ3) is 3.49. The highest BCUT2D eigenvalue weighted by atomic mass is 79.9. The van der Waals surface area contributed by atoms with Gasteiger partial charge in [-0.3, -0.25) is 4.79 Å². The fourth-order valence-corrected chi connectivity index (χ4v) is 4.10. The van der Waals surface area contributed by atoms with Gasteiger partial charge in [-0.15, -0.1) is 11.3 Å². The number of thiophene rings is 1. The van der Waals surface area contributed by atoms with Crippen LogP contribution in [0.15, 0.2) is 46.3 Å². The van der Waals surface area contributed by atoms with Gasteiger partial charge >= 0.3 is 0 Å². The molecule has 1 amide bonds. The van der Waals surface area contributed by atoms with Gasteiger partial charge in [0.1, 0.15) is 11.6 Å². The second kappa shape index (κ2) is 6.75. The molecular weight excluding hydrogens is 386 g/mol. The van der Waals surface area contributed by atoms with Gasteiger partial charge < -0.3 is 11.1 Å². The Morgan fingerprint density at radius 3 is 2.46 bits per heavy atom. The number of amides is 1. The summed E-state index contributed by atoms with van der Waals surface area (Å²) in [6.45, 7) is 4.01. The molecule has 0 bridgehead atoms. The molecule has 24 heavy (non-hydrogen) atoms. The van der Waals surface area contributed by atoms with E-state index in [-0.39, 0.29) is 5.91 Å². The Balaban J connectivity index is 1.83. The van der Waals surface area contributed by atoms with E-state index >= 15 is 0 Å². The van der Waals surface area contributed by atoms with Crippen LogP contribution in [0.1, 0.15) is 21.5 Å². The Bertz CT molecular complexity index is 903. The van der Waals surface area contributed by atoms with Crippen LogP contribution >= 0.6 is 27.3 Å². The van der Waals surface area contributed by atoms with E-state index in [2.05, 4.69) is 26.2 Å². The van der Waals surface area contributed by atoms with E-state index in [9.17, 15) is 4.79 Å². The number of nitrogen functional groups attached to an aromatic ring is 1. The maximum absolute atomic E-state index is 12.3. The predicted octanol–water partition coefficient (Wildman–Crippen LogP) is 5.02. The molecule has 3 aromatic rings. The predicted molar refractivity (Wildman–Crippen MR) is 104 cm³/mol. The highest BCUT2D eigenvalue weighted by Gasteiger charge is 2.13. The van der Waals surface area contributed by atoms with Crippen molar-refractivity contribution < 1.29 is 4.79 Å². The average Bonchev–Trinajstić information content (AvgIpc) is 2.86. The van der Waals surface area contributed by atoms with Gasteiger partial charge in [0.25, 0.3) is 5.91 Å². The second-order valence-corrected chi connectivity index (χ2v) is 7.94. The fourth-order valence-electron chi connectivity index (χ4n) is 2.34. The molecule has 0 unspecified atom stereocenters. The lowest BCUT2D eigenvalue weighted by atomic mass is 10.1. The van der Waals surface area contributed by atoms with Crippen molar-refractivity contribution in [1.29, 1.82) is 0 Å². The number of aryl methyl sites for hydroxylation is 2. The lowest BCUT2D eigenvalue weighted by Crippen LogP contribution is -2.13. The first-order chi connectivity index (χ1) is 11.4. The number of halogens is 1. The van der Waals surface area contributed by atoms with E-state index in [1.807, 2.05) is 38.1 Å². The molecule has 0 aliphatic heterocycles. The molecule has 122 valence electrons. The van der Waals surface area contributed by atoms with Gasteiger partial charge in [-0.05, 0) is 65.7 Å². The third-order valence-corrected chi connectivity index (χ3v) is 5.39. The lowest BCUT2D eigenvalue weighted by Gasteiger charge is -2.09. The summed E-state index contributed by atoms with van der Waals surface area (Å²) in [5.74, 6) is 0.633. The second-order valence-electron chi connectivity index (χ2n) is 5.51. The minimum atomic E-state index is -0.204. The molecule has 0 aliphatic rings. The first-order valence-electron chi connectivity index (χ1n) is 7.35. The van der Waals surface area contributed by atoms with E-state index in [1.165, 1.54) is 0 Å². The Labute approximate surface area is 152 Å². The number of benzene rings is 1. The number of rotatable bonds is 3. The molecule has 0 saturated carbocycles. The smallest absolute Gasteiger partial charge is 0.256 e. The summed E-state index contributed by atoms with van der Waals surface area (Å²) in [6.07, 6.45) is 0. The molecular formula is C18H16BrN3OS. The van der Waals surface area contributed by atoms with E-state index in [4.69, 9.17) is 5.73 Å². The molecule has 0 atom stereocenters. The summed E-state index contributed by atoms with van der Waals surface area (Å²) >= 11 is 5.09. The van der Waals surface area contributed by atoms with Crippen LogP contribution in [0.3, 0.4) is 0 Å². The summed E-state index contributed by atoms with van der Waals surface area (Å²) in [4.78, 5) is 17.6. The molecule has 3 rings (SSSR count). The molecule has 0 saturated heterocycles. The summed E-state index contributed by atoms with van der Waals surface area (Å²) in [6, 6.07) is 13.1. The zero-order chi connectivity index (χ0) is 17.3. The molecule has 6 heteroatoms. The standard InChI is InChI=1S/C18H16BrN3OS/c1-10-3-5-12(6-4-10)18(23)22-15-8-7-13(17(20)21-15)16-11(2)9-14(19)24-16/h3-9H,1-2H3,(H3,20,21,22,23). The molecule has 0 aliphatic carbocycles. The SMILES string of the molecule is Cc1ccc(C(=O)Nc2ccc(-c3sc(Br)cc3C)c(N)n2)cc1. The maximum atomic E-state index is 12.3. The highest BCUT2D eigenvalue weighted by molar-refractivity contribution is 9.11. The van der Waals surface area contributed by atoms with Crippen molar-refractivity contribution in [2.75, 3.05) is 11.1 Å². The van der Waals surface area contributed by atoms with Crippen LogP contribution in [0.25, 0.3) is 10.4 Å². The molecule has 1 aromatic carbocycles. The number of nitrogens with zero attached hydrogens (tertiary/aromatic N) is 1. The van der Waals surface area contributed by atoms with Crippen LogP contribution in [0.2, 0.25) is 0 Å². The third-order valence-electron chi connectivity index (χ3n) is 3.61. The Morgan fingerprint density at radius 1 is 1.17 bits per heavy atom. The maximum Gasteiger partial charge on any atom is 0.256 e. The monoisotopic (exact) mass is 401 g/mol. The average molecular weight is 402 g/mol. The topological polar surface area (TPSA) is 68.0 Å². The van der Waals surface area contributed by atoms with Crippen molar-refractivity contribution in [3.05, 3.63) is 62.9 Å². The van der Waals surface area contributed by atoms with E-state index in [0.29, 0.717) is 17.2 Å². The van der Waals surface area contributed by atoms with Crippen LogP contribution in [-0.4, -0.2) is 10.9 Å². The molecule has 2 aromatic heterocycles. The van der Waals surface area contributed by atoms with Crippen LogP contribution in [0, 0.1) is 13.8 Å². The normalized spacial score (nSPS) is 10.6. The lowest BCUT2D eigenvalue weighted by molar-refractivity contribution is 0.102. The number of hydrogen-bond acceptors (Lipinski definition) is 4. The molecule has 3 N–H and O–H groups in total. The number of aromatic nitrogens is 1. The zero-order valence-corrected chi connectivity index (χ0v) is 15.7. The highest BCUT2D eigenvalue weighted by Crippen LogP contribution is 2.37. The number of hydrogen-bond donors (Lipinski definition) is 2. The summed E-state index contributed by atoms with van der Waals surface area (Å²) in [5, 5.41) is 2.78. The summed E-state index contributed by atoms with van der Waals surface area (Å²) < 4.78 is 1.05. The number of carbonyl (C=O) groups excluding carboxylic acids is 1. The molecule has 0 spiro atoms. The molecule has 0 fully saturated rings. The molecule has 4 nitrogen and oxygen atoms in total. The van der Waals surface area contributed by atoms with Crippen LogP contribution in [0.4, 0.5) is 11.6 Å². The van der Waals surface area contributed by atoms with Gasteiger partial charge in [-0.2, -0.15) is 0 Å². The van der Waals surface area contributed by atoms with Gasteiger partial charge in [0.15, 0.2) is 0 Å². The number of nitrogens with one attached hydrogen (secondary N) is 1. The number of nitrogens with two attached hydrogens (primary N) is 1. The van der Waals surface area contributed by atoms with Crippen LogP contribution in [-0.2, 0) is 0 Å². The quantitative estimate of drug-likeness (QED) is 0.646. The van der Waals surface area contributed by atoms with E-state index < -0.39 is 0 Å². The van der Waals surface area contributed by atoms with Crippen molar-refractivity contribution in [3.8, 4) is 10.4 Å². The minimum Gasteiger partial charge on any atom is -0.383 e. The Hall–Kier alpha value is -2.18. The van der Waals surface area contributed by atoms with E-state index in [1.54, 1.807) is 29.5 Å². The van der Waals surface area contributed by atoms with Gasteiger partial charge in [-0.1, -0.05) is 17.7 Å². The van der Waals surface area contributed by atoms with Gasteiger partial charge in [0.05, 0.1) is 3.79 Å². The minimum absolute atomic E-state index is 0.204. The van der Waals surface area contributed by atoms with Gasteiger partial charge in [0.2, 0.25) is 0 Å². The Morgan fingerprint density at radius 2 is 1.88 bits per heavy atom. The largest absolute Gasteiger partial charge is 0.383 e. The van der Waals surface area contributed by atoms with Crippen molar-refractivity contribution in [2.45, 2.75) is 13.8 Å². The first kappa shape index (κ1) is 16.7. The van der Waals surface area contributed by atoms with Gasteiger partial charge in [0, 0.05) is 16.0 Å².